The third-order valence-corrected chi connectivity index (χ3v) is 6.46. The van der Waals surface area contributed by atoms with E-state index in [9.17, 15) is 4.79 Å². The first-order chi connectivity index (χ1) is 12.8. The lowest BCUT2D eigenvalue weighted by Gasteiger charge is -2.19. The number of nitrogens with one attached hydrogen (secondary N) is 2. The largest absolute Gasteiger partial charge is 0.389 e. The van der Waals surface area contributed by atoms with Crippen LogP contribution in [0.2, 0.25) is 0 Å². The second-order valence-electron chi connectivity index (χ2n) is 6.04. The van der Waals surface area contributed by atoms with Gasteiger partial charge in [0.2, 0.25) is 0 Å². The van der Waals surface area contributed by atoms with Gasteiger partial charge in [0.05, 0.1) is 0 Å². The van der Waals surface area contributed by atoms with Crippen molar-refractivity contribution in [2.24, 2.45) is 0 Å². The molecular weight excluding hydrogens is 360 g/mol. The summed E-state index contributed by atoms with van der Waals surface area (Å²) in [6.07, 6.45) is 4.05. The van der Waals surface area contributed by atoms with E-state index in [1.807, 2.05) is 60.9 Å². The Morgan fingerprint density at radius 2 is 1.19 bits per heavy atom. The molecule has 26 heavy (non-hydrogen) atoms. The molecule has 0 radical (unpaired) electrons. The lowest BCUT2D eigenvalue weighted by atomic mass is 9.94. The quantitative estimate of drug-likeness (QED) is 0.779. The molecule has 0 aromatic heterocycles. The van der Waals surface area contributed by atoms with Crippen molar-refractivity contribution in [2.45, 2.75) is 0 Å². The molecule has 2 aromatic rings. The van der Waals surface area contributed by atoms with Crippen molar-refractivity contribution in [1.29, 1.82) is 0 Å². The third-order valence-electron chi connectivity index (χ3n) is 4.35. The van der Waals surface area contributed by atoms with Gasteiger partial charge in [-0.05, 0) is 0 Å². The normalized spacial score (nSPS) is 16.8. The van der Waals surface area contributed by atoms with E-state index >= 15 is 0 Å². The molecule has 0 aliphatic carbocycles. The van der Waals surface area contributed by atoms with Crippen LogP contribution in [0.5, 0.6) is 0 Å². The van der Waals surface area contributed by atoms with Crippen molar-refractivity contribution in [3.05, 3.63) is 83.2 Å². The van der Waals surface area contributed by atoms with Crippen LogP contribution in [0.3, 0.4) is 0 Å². The average Bonchev–Trinajstić information content (AvgIpc) is 2.74. The Balaban J connectivity index is 1.76. The zero-order chi connectivity index (χ0) is 17.8. The summed E-state index contributed by atoms with van der Waals surface area (Å²) in [6.45, 7) is 1.93. The van der Waals surface area contributed by atoms with E-state index in [0.29, 0.717) is 0 Å². The Hall–Kier alpha value is -2.11. The number of ketones is 1. The molecule has 0 bridgehead atoms. The molecule has 0 spiro atoms. The predicted molar refractivity (Wildman–Crippen MR) is 113 cm³/mol. The van der Waals surface area contributed by atoms with Crippen LogP contribution < -0.4 is 10.6 Å². The molecule has 3 nitrogen and oxygen atoms in total. The van der Waals surface area contributed by atoms with Gasteiger partial charge in [0.25, 0.3) is 0 Å². The smallest absolute Gasteiger partial charge is 0.194 e. The Morgan fingerprint density at radius 1 is 0.731 bits per heavy atom. The van der Waals surface area contributed by atoms with Gasteiger partial charge in [-0.25, -0.2) is 0 Å². The summed E-state index contributed by atoms with van der Waals surface area (Å²) in [5, 5.41) is 6.57. The van der Waals surface area contributed by atoms with Crippen LogP contribution >= 0.6 is 23.5 Å². The van der Waals surface area contributed by atoms with Crippen LogP contribution in [0.25, 0.3) is 9.81 Å². The fourth-order valence-electron chi connectivity index (χ4n) is 3.10. The Bertz CT molecular complexity index is 818. The van der Waals surface area contributed by atoms with E-state index in [-0.39, 0.29) is 5.78 Å². The summed E-state index contributed by atoms with van der Waals surface area (Å²) in [4.78, 5) is 15.7. The first kappa shape index (κ1) is 17.3. The summed E-state index contributed by atoms with van der Waals surface area (Å²) in [7, 11) is 0. The van der Waals surface area contributed by atoms with Crippen molar-refractivity contribution in [3.8, 4) is 0 Å². The van der Waals surface area contributed by atoms with Gasteiger partial charge in [-0.2, -0.15) is 0 Å². The lowest BCUT2D eigenvalue weighted by Crippen LogP contribution is -2.16. The van der Waals surface area contributed by atoms with Gasteiger partial charge in [-0.15, -0.1) is 23.5 Å². The molecule has 2 N–H and O–H groups in total. The van der Waals surface area contributed by atoms with Crippen molar-refractivity contribution >= 4 is 39.1 Å². The minimum atomic E-state index is 0.0790. The van der Waals surface area contributed by atoms with Gasteiger partial charge in [0.1, 0.15) is 0 Å². The molecule has 2 heterocycles. The van der Waals surface area contributed by atoms with Crippen molar-refractivity contribution in [2.75, 3.05) is 24.6 Å². The number of hydrogen-bond donors (Lipinski definition) is 2. The van der Waals surface area contributed by atoms with Crippen molar-refractivity contribution in [1.82, 2.24) is 10.6 Å². The van der Waals surface area contributed by atoms with E-state index in [1.54, 1.807) is 23.5 Å². The zero-order valence-electron chi connectivity index (χ0n) is 14.3. The van der Waals surface area contributed by atoms with Gasteiger partial charge >= 0.3 is 0 Å². The molecular formula is C21H20N2OS2. The van der Waals surface area contributed by atoms with Gasteiger partial charge in [-0.3, -0.25) is 4.79 Å². The zero-order valence-corrected chi connectivity index (χ0v) is 16.0. The minimum absolute atomic E-state index is 0.0790. The molecule has 2 aromatic carbocycles. The summed E-state index contributed by atoms with van der Waals surface area (Å²) in [6, 6.07) is 15.8. The van der Waals surface area contributed by atoms with Crippen LogP contribution in [-0.2, 0) is 0 Å². The second kappa shape index (κ2) is 8.06. The summed E-state index contributed by atoms with van der Waals surface area (Å²) in [5.74, 6) is 2.11. The Kier molecular flexibility index (Phi) is 5.37. The first-order valence-corrected chi connectivity index (χ1v) is 10.7. The fraction of sp³-hybridized carbons (Fsp3) is 0.190. The van der Waals surface area contributed by atoms with Crippen LogP contribution in [0.4, 0.5) is 0 Å². The highest BCUT2D eigenvalue weighted by atomic mass is 32.2. The topological polar surface area (TPSA) is 41.1 Å². The number of thioether (sulfide) groups is 2. The summed E-state index contributed by atoms with van der Waals surface area (Å²) >= 11 is 3.59. The molecule has 0 saturated heterocycles. The molecule has 0 saturated carbocycles. The number of carbonyl (C=O) groups excluding carboxylic acids is 1. The highest BCUT2D eigenvalue weighted by Crippen LogP contribution is 2.35. The van der Waals surface area contributed by atoms with Crippen LogP contribution in [-0.4, -0.2) is 30.4 Å². The van der Waals surface area contributed by atoms with Crippen LogP contribution in [0, 0.1) is 0 Å². The highest BCUT2D eigenvalue weighted by molar-refractivity contribution is 8.08. The van der Waals surface area contributed by atoms with Gasteiger partial charge in [-0.1, -0.05) is 48.5 Å². The summed E-state index contributed by atoms with van der Waals surface area (Å²) in [5.41, 5.74) is 3.54. The van der Waals surface area contributed by atoms with Crippen LogP contribution in [0.15, 0.2) is 60.9 Å². The second-order valence-corrected chi connectivity index (χ2v) is 8.32. The monoisotopic (exact) mass is 380 g/mol. The first-order valence-electron chi connectivity index (χ1n) is 8.71. The molecule has 5 heteroatoms. The highest BCUT2D eigenvalue weighted by Gasteiger charge is 2.21. The predicted octanol–water partition coefficient (Wildman–Crippen LogP) is 4.19. The molecule has 2 aliphatic heterocycles. The van der Waals surface area contributed by atoms with E-state index < -0.39 is 0 Å². The maximum atomic E-state index is 13.5. The van der Waals surface area contributed by atoms with E-state index in [4.69, 9.17) is 0 Å². The van der Waals surface area contributed by atoms with Gasteiger partial charge < -0.3 is 10.6 Å². The number of carbonyl (C=O) groups is 1. The van der Waals surface area contributed by atoms with Gasteiger partial charge in [0.15, 0.2) is 5.78 Å². The molecule has 4 rings (SSSR count). The Labute approximate surface area is 162 Å². The standard InChI is InChI=1S/C21H20N2OS2/c24-21(17-7-3-1-5-15(17)19-13-22-9-11-25-19)18-8-4-2-6-16(18)20-14-23-10-12-26-20/h1-8,13-14,22-23H,9-12H2. The third kappa shape index (κ3) is 3.55. The van der Waals surface area contributed by atoms with Crippen molar-refractivity contribution < 1.29 is 4.79 Å². The molecule has 0 atom stereocenters. The van der Waals surface area contributed by atoms with E-state index in [2.05, 4.69) is 10.6 Å². The van der Waals surface area contributed by atoms with Crippen molar-refractivity contribution in [3.63, 3.8) is 0 Å². The van der Waals surface area contributed by atoms with E-state index in [0.717, 1.165) is 56.7 Å². The minimum Gasteiger partial charge on any atom is -0.389 e. The SMILES string of the molecule is O=C(c1ccccc1C1=CNCCS1)c1ccccc1C1=CNCCS1. The summed E-state index contributed by atoms with van der Waals surface area (Å²) < 4.78 is 0. The number of benzene rings is 2. The molecule has 0 unspecified atom stereocenters. The maximum Gasteiger partial charge on any atom is 0.194 e. The fourth-order valence-corrected chi connectivity index (χ4v) is 4.98. The molecule has 0 amide bonds. The molecule has 132 valence electrons. The molecule has 2 aliphatic rings. The average molecular weight is 381 g/mol. The lowest BCUT2D eigenvalue weighted by molar-refractivity contribution is 0.103. The van der Waals surface area contributed by atoms with E-state index in [1.165, 1.54) is 0 Å². The number of hydrogen-bond acceptors (Lipinski definition) is 5. The molecule has 0 fully saturated rings. The maximum absolute atomic E-state index is 13.5. The van der Waals surface area contributed by atoms with Gasteiger partial charge in [0, 0.05) is 69.1 Å². The Morgan fingerprint density at radius 3 is 1.62 bits per heavy atom. The number of rotatable bonds is 4. The van der Waals surface area contributed by atoms with Crippen LogP contribution in [0.1, 0.15) is 27.0 Å².